The number of aryl methyl sites for hydroxylation is 1. The summed E-state index contributed by atoms with van der Waals surface area (Å²) < 4.78 is 10.5. The van der Waals surface area contributed by atoms with E-state index in [0.717, 1.165) is 6.20 Å². The fraction of sp³-hybridized carbons (Fsp3) is 0.583. The Hall–Kier alpha value is -1.93. The molecule has 1 heterocycles. The number of aromatic nitrogens is 1. The molecular formula is C12H19N3O5. The SMILES string of the molecule is COCCC(COC)Nc1cc(C)[n+]([O-])cc1[N+](=O)[O-]. The average Bonchev–Trinajstić information content (AvgIpc) is 2.39. The van der Waals surface area contributed by atoms with Gasteiger partial charge in [-0.1, -0.05) is 0 Å². The van der Waals surface area contributed by atoms with Gasteiger partial charge in [0.2, 0.25) is 0 Å². The van der Waals surface area contributed by atoms with Crippen molar-refractivity contribution in [1.82, 2.24) is 0 Å². The third-order valence-electron chi connectivity index (χ3n) is 2.81. The lowest BCUT2D eigenvalue weighted by Gasteiger charge is -2.18. The van der Waals surface area contributed by atoms with E-state index in [1.54, 1.807) is 21.1 Å². The Morgan fingerprint density at radius 1 is 1.45 bits per heavy atom. The molecule has 1 aromatic rings. The van der Waals surface area contributed by atoms with E-state index in [4.69, 9.17) is 9.47 Å². The van der Waals surface area contributed by atoms with Gasteiger partial charge in [0.05, 0.1) is 17.6 Å². The van der Waals surface area contributed by atoms with Gasteiger partial charge in [-0.3, -0.25) is 10.1 Å². The van der Waals surface area contributed by atoms with E-state index in [1.165, 1.54) is 6.07 Å². The molecule has 8 heteroatoms. The molecule has 0 amide bonds. The maximum atomic E-state index is 11.4. The topological polar surface area (TPSA) is 101 Å². The van der Waals surface area contributed by atoms with Crippen LogP contribution in [0.1, 0.15) is 12.1 Å². The van der Waals surface area contributed by atoms with Gasteiger partial charge in [-0.05, 0) is 6.42 Å². The summed E-state index contributed by atoms with van der Waals surface area (Å²) in [7, 11) is 3.14. The summed E-state index contributed by atoms with van der Waals surface area (Å²) >= 11 is 0. The molecule has 20 heavy (non-hydrogen) atoms. The Labute approximate surface area is 117 Å². The van der Waals surface area contributed by atoms with Crippen molar-refractivity contribution in [2.45, 2.75) is 19.4 Å². The summed E-state index contributed by atoms with van der Waals surface area (Å²) in [4.78, 5) is 10.4. The van der Waals surface area contributed by atoms with Crippen LogP contribution in [-0.4, -0.2) is 38.4 Å². The fourth-order valence-electron chi connectivity index (χ4n) is 1.77. The van der Waals surface area contributed by atoms with Crippen LogP contribution in [0.4, 0.5) is 11.4 Å². The molecule has 1 atom stereocenters. The Bertz CT molecular complexity index is 467. The zero-order valence-electron chi connectivity index (χ0n) is 11.8. The summed E-state index contributed by atoms with van der Waals surface area (Å²) in [6.07, 6.45) is 1.59. The average molecular weight is 285 g/mol. The molecule has 112 valence electrons. The van der Waals surface area contributed by atoms with E-state index < -0.39 is 4.92 Å². The van der Waals surface area contributed by atoms with Crippen LogP contribution in [-0.2, 0) is 9.47 Å². The number of nitro groups is 1. The molecule has 0 saturated carbocycles. The predicted octanol–water partition coefficient (Wildman–Crippen LogP) is 1.00. The molecule has 1 unspecified atom stereocenters. The highest BCUT2D eigenvalue weighted by molar-refractivity contribution is 5.60. The lowest BCUT2D eigenvalue weighted by Crippen LogP contribution is -2.32. The van der Waals surface area contributed by atoms with Crippen LogP contribution in [0.3, 0.4) is 0 Å². The zero-order chi connectivity index (χ0) is 15.1. The number of anilines is 1. The van der Waals surface area contributed by atoms with Crippen LogP contribution >= 0.6 is 0 Å². The highest BCUT2D eigenvalue weighted by Crippen LogP contribution is 2.24. The van der Waals surface area contributed by atoms with Gasteiger partial charge in [0.1, 0.15) is 5.69 Å². The first-order valence-electron chi connectivity index (χ1n) is 6.12. The van der Waals surface area contributed by atoms with Crippen LogP contribution < -0.4 is 10.0 Å². The zero-order valence-corrected chi connectivity index (χ0v) is 11.8. The number of pyridine rings is 1. The van der Waals surface area contributed by atoms with Gasteiger partial charge < -0.3 is 20.0 Å². The Kier molecular flexibility index (Phi) is 6.13. The number of nitrogens with zero attached hydrogens (tertiary/aromatic N) is 2. The highest BCUT2D eigenvalue weighted by atomic mass is 16.6. The van der Waals surface area contributed by atoms with Crippen LogP contribution in [0.25, 0.3) is 0 Å². The minimum atomic E-state index is -0.587. The minimum absolute atomic E-state index is 0.138. The summed E-state index contributed by atoms with van der Waals surface area (Å²) in [6.45, 7) is 2.47. The van der Waals surface area contributed by atoms with Crippen molar-refractivity contribution >= 4 is 11.4 Å². The molecule has 1 rings (SSSR count). The lowest BCUT2D eigenvalue weighted by molar-refractivity contribution is -0.616. The van der Waals surface area contributed by atoms with Crippen LogP contribution in [0.5, 0.6) is 0 Å². The van der Waals surface area contributed by atoms with E-state index in [1.807, 2.05) is 0 Å². The van der Waals surface area contributed by atoms with Gasteiger partial charge in [-0.2, -0.15) is 4.73 Å². The highest BCUT2D eigenvalue weighted by Gasteiger charge is 2.22. The third-order valence-corrected chi connectivity index (χ3v) is 2.81. The standard InChI is InChI=1S/C12H19N3O5/c1-9-6-11(12(15(17)18)7-14(9)16)13-10(8-20-3)4-5-19-2/h6-7,10,13H,4-5,8H2,1-3H3. The van der Waals surface area contributed by atoms with E-state index >= 15 is 0 Å². The molecule has 0 radical (unpaired) electrons. The molecule has 0 aliphatic rings. The number of hydrogen-bond donors (Lipinski definition) is 1. The molecule has 0 bridgehead atoms. The summed E-state index contributed by atoms with van der Waals surface area (Å²) in [5.74, 6) is 0. The monoisotopic (exact) mass is 285 g/mol. The second-order valence-electron chi connectivity index (χ2n) is 4.37. The lowest BCUT2D eigenvalue weighted by atomic mass is 10.2. The molecule has 0 saturated heterocycles. The number of ether oxygens (including phenoxy) is 2. The van der Waals surface area contributed by atoms with Gasteiger partial charge in [0, 0.05) is 33.8 Å². The first-order chi connectivity index (χ1) is 9.49. The number of hydrogen-bond acceptors (Lipinski definition) is 6. The van der Waals surface area contributed by atoms with Crippen molar-refractivity contribution < 1.29 is 19.1 Å². The van der Waals surface area contributed by atoms with Crippen LogP contribution in [0, 0.1) is 22.2 Å². The fourth-order valence-corrected chi connectivity index (χ4v) is 1.77. The number of rotatable bonds is 8. The Balaban J connectivity index is 2.98. The van der Waals surface area contributed by atoms with Crippen molar-refractivity contribution in [1.29, 1.82) is 0 Å². The second kappa shape index (κ2) is 7.61. The third kappa shape index (κ3) is 4.32. The van der Waals surface area contributed by atoms with E-state index in [2.05, 4.69) is 5.32 Å². The van der Waals surface area contributed by atoms with Gasteiger partial charge >= 0.3 is 5.69 Å². The van der Waals surface area contributed by atoms with Crippen molar-refractivity contribution in [2.75, 3.05) is 32.8 Å². The van der Waals surface area contributed by atoms with Gasteiger partial charge in [0.25, 0.3) is 6.20 Å². The predicted molar refractivity (Wildman–Crippen MR) is 72.6 cm³/mol. The van der Waals surface area contributed by atoms with Crippen LogP contribution in [0.15, 0.2) is 12.3 Å². The van der Waals surface area contributed by atoms with E-state index in [-0.39, 0.29) is 11.7 Å². The molecule has 0 aliphatic carbocycles. The van der Waals surface area contributed by atoms with Gasteiger partial charge in [-0.15, -0.1) is 0 Å². The normalized spacial score (nSPS) is 12.2. The van der Waals surface area contributed by atoms with Crippen molar-refractivity contribution in [3.8, 4) is 0 Å². The second-order valence-corrected chi connectivity index (χ2v) is 4.37. The maximum absolute atomic E-state index is 11.4. The maximum Gasteiger partial charge on any atom is 0.356 e. The molecule has 0 fully saturated rings. The molecule has 1 N–H and O–H groups in total. The molecular weight excluding hydrogens is 266 g/mol. The van der Waals surface area contributed by atoms with Crippen molar-refractivity contribution in [3.63, 3.8) is 0 Å². The molecule has 0 aliphatic heterocycles. The van der Waals surface area contributed by atoms with Gasteiger partial charge in [-0.25, -0.2) is 0 Å². The van der Waals surface area contributed by atoms with E-state index in [0.29, 0.717) is 35.7 Å². The first-order valence-corrected chi connectivity index (χ1v) is 6.12. The molecule has 0 aromatic carbocycles. The molecule has 0 spiro atoms. The first kappa shape index (κ1) is 16.1. The number of nitrogens with one attached hydrogen (secondary N) is 1. The molecule has 8 nitrogen and oxygen atoms in total. The summed E-state index contributed by atoms with van der Waals surface area (Å²) in [5.41, 5.74) is 0.419. The smallest absolute Gasteiger partial charge is 0.356 e. The van der Waals surface area contributed by atoms with Gasteiger partial charge in [0.15, 0.2) is 5.69 Å². The van der Waals surface area contributed by atoms with Crippen molar-refractivity contribution in [3.05, 3.63) is 33.3 Å². The quantitative estimate of drug-likeness (QED) is 0.331. The Morgan fingerprint density at radius 2 is 2.15 bits per heavy atom. The summed E-state index contributed by atoms with van der Waals surface area (Å²) in [6, 6.07) is 1.32. The molecule has 1 aromatic heterocycles. The Morgan fingerprint density at radius 3 is 2.70 bits per heavy atom. The largest absolute Gasteiger partial charge is 0.618 e. The number of methoxy groups -OCH3 is 2. The van der Waals surface area contributed by atoms with Crippen molar-refractivity contribution in [2.24, 2.45) is 0 Å². The van der Waals surface area contributed by atoms with Crippen LogP contribution in [0.2, 0.25) is 0 Å². The van der Waals surface area contributed by atoms with E-state index in [9.17, 15) is 15.3 Å². The minimum Gasteiger partial charge on any atom is -0.618 e. The summed E-state index contributed by atoms with van der Waals surface area (Å²) in [5, 5.41) is 25.4.